The number of ether oxygens (including phenoxy) is 1. The first-order chi connectivity index (χ1) is 10.1. The van der Waals surface area contributed by atoms with Gasteiger partial charge in [0, 0.05) is 39.0 Å². The SMILES string of the molecule is CN1CC2(CCCN(C(=O)Cn3ccnc3)CC2)OC1=O. The van der Waals surface area contributed by atoms with E-state index in [2.05, 4.69) is 4.98 Å². The molecule has 3 rings (SSSR count). The van der Waals surface area contributed by atoms with Gasteiger partial charge in [0.1, 0.15) is 12.1 Å². The molecule has 21 heavy (non-hydrogen) atoms. The molecule has 0 aromatic carbocycles. The highest BCUT2D eigenvalue weighted by molar-refractivity contribution is 5.76. The van der Waals surface area contributed by atoms with Gasteiger partial charge in [0.2, 0.25) is 5.91 Å². The molecule has 114 valence electrons. The molecular formula is C14H20N4O3. The van der Waals surface area contributed by atoms with Crippen LogP contribution < -0.4 is 0 Å². The number of carbonyl (C=O) groups is 2. The van der Waals surface area contributed by atoms with Gasteiger partial charge in [0.25, 0.3) is 0 Å². The molecule has 2 aliphatic rings. The molecule has 3 heterocycles. The summed E-state index contributed by atoms with van der Waals surface area (Å²) in [5.41, 5.74) is -0.407. The third kappa shape index (κ3) is 2.86. The lowest BCUT2D eigenvalue weighted by Crippen LogP contribution is -2.37. The quantitative estimate of drug-likeness (QED) is 0.805. The first-order valence-corrected chi connectivity index (χ1v) is 7.26. The van der Waals surface area contributed by atoms with Crippen molar-refractivity contribution in [3.8, 4) is 0 Å². The zero-order valence-electron chi connectivity index (χ0n) is 12.2. The Kier molecular flexibility index (Phi) is 3.57. The molecule has 2 saturated heterocycles. The van der Waals surface area contributed by atoms with Crippen molar-refractivity contribution in [1.82, 2.24) is 19.4 Å². The molecule has 0 aliphatic carbocycles. The number of hydrogen-bond donors (Lipinski definition) is 0. The topological polar surface area (TPSA) is 67.7 Å². The van der Waals surface area contributed by atoms with Crippen molar-refractivity contribution in [1.29, 1.82) is 0 Å². The van der Waals surface area contributed by atoms with Gasteiger partial charge in [0.15, 0.2) is 0 Å². The summed E-state index contributed by atoms with van der Waals surface area (Å²) in [5, 5.41) is 0. The standard InChI is InChI=1S/C14H20N4O3/c1-16-10-14(21-13(16)20)3-2-6-18(7-4-14)12(19)9-17-8-5-15-11-17/h5,8,11H,2-4,6-7,9-10H2,1H3. The molecule has 0 saturated carbocycles. The van der Waals surface area contributed by atoms with Crippen molar-refractivity contribution in [3.05, 3.63) is 18.7 Å². The van der Waals surface area contributed by atoms with Gasteiger partial charge in [-0.15, -0.1) is 0 Å². The van der Waals surface area contributed by atoms with Crippen LogP contribution in [0.25, 0.3) is 0 Å². The number of aromatic nitrogens is 2. The maximum Gasteiger partial charge on any atom is 0.410 e. The monoisotopic (exact) mass is 292 g/mol. The van der Waals surface area contributed by atoms with Crippen LogP contribution in [0.5, 0.6) is 0 Å². The van der Waals surface area contributed by atoms with E-state index in [-0.39, 0.29) is 12.0 Å². The molecule has 2 amide bonds. The van der Waals surface area contributed by atoms with E-state index in [0.29, 0.717) is 26.1 Å². The van der Waals surface area contributed by atoms with Crippen LogP contribution in [0.15, 0.2) is 18.7 Å². The van der Waals surface area contributed by atoms with Crippen LogP contribution in [-0.4, -0.2) is 63.6 Å². The van der Waals surface area contributed by atoms with E-state index in [0.717, 1.165) is 19.4 Å². The molecule has 7 heteroatoms. The van der Waals surface area contributed by atoms with E-state index in [1.165, 1.54) is 0 Å². The molecule has 7 nitrogen and oxygen atoms in total. The summed E-state index contributed by atoms with van der Waals surface area (Å²) in [4.78, 5) is 31.3. The van der Waals surface area contributed by atoms with Crippen LogP contribution in [0.3, 0.4) is 0 Å². The summed E-state index contributed by atoms with van der Waals surface area (Å²) < 4.78 is 7.32. The Morgan fingerprint density at radius 1 is 1.43 bits per heavy atom. The fourth-order valence-electron chi connectivity index (χ4n) is 3.11. The lowest BCUT2D eigenvalue weighted by molar-refractivity contribution is -0.131. The summed E-state index contributed by atoms with van der Waals surface area (Å²) in [5.74, 6) is 0.0859. The molecule has 1 aromatic rings. The van der Waals surface area contributed by atoms with Crippen molar-refractivity contribution >= 4 is 12.0 Å². The molecule has 1 atom stereocenters. The minimum atomic E-state index is -0.407. The van der Waals surface area contributed by atoms with Gasteiger partial charge in [-0.05, 0) is 12.8 Å². The highest BCUT2D eigenvalue weighted by atomic mass is 16.6. The van der Waals surface area contributed by atoms with E-state index in [9.17, 15) is 9.59 Å². The maximum absolute atomic E-state index is 12.3. The van der Waals surface area contributed by atoms with Crippen LogP contribution in [0.1, 0.15) is 19.3 Å². The van der Waals surface area contributed by atoms with E-state index in [4.69, 9.17) is 4.74 Å². The third-order valence-electron chi connectivity index (χ3n) is 4.27. The molecule has 1 aromatic heterocycles. The first-order valence-electron chi connectivity index (χ1n) is 7.26. The van der Waals surface area contributed by atoms with Gasteiger partial charge >= 0.3 is 6.09 Å². The van der Waals surface area contributed by atoms with Crippen LogP contribution in [0.2, 0.25) is 0 Å². The number of likely N-dealkylation sites (N-methyl/N-ethyl adjacent to an activating group) is 1. The third-order valence-corrected chi connectivity index (χ3v) is 4.27. The number of amides is 2. The number of likely N-dealkylation sites (tertiary alicyclic amines) is 1. The molecule has 1 unspecified atom stereocenters. The number of carbonyl (C=O) groups excluding carboxylic acids is 2. The molecule has 0 bridgehead atoms. The molecule has 2 aliphatic heterocycles. The Balaban J connectivity index is 1.61. The highest BCUT2D eigenvalue weighted by Crippen LogP contribution is 2.32. The normalized spacial score (nSPS) is 26.0. The van der Waals surface area contributed by atoms with Gasteiger partial charge in [-0.3, -0.25) is 4.79 Å². The molecule has 0 radical (unpaired) electrons. The minimum absolute atomic E-state index is 0.0859. The Labute approximate surface area is 123 Å². The zero-order chi connectivity index (χ0) is 14.9. The van der Waals surface area contributed by atoms with Gasteiger partial charge in [0.05, 0.1) is 12.9 Å². The Morgan fingerprint density at radius 3 is 2.95 bits per heavy atom. The maximum atomic E-state index is 12.3. The van der Waals surface area contributed by atoms with E-state index in [1.54, 1.807) is 35.2 Å². The lowest BCUT2D eigenvalue weighted by Gasteiger charge is -2.25. The largest absolute Gasteiger partial charge is 0.441 e. The number of nitrogens with zero attached hydrogens (tertiary/aromatic N) is 4. The van der Waals surface area contributed by atoms with Crippen molar-refractivity contribution in [3.63, 3.8) is 0 Å². The fourth-order valence-corrected chi connectivity index (χ4v) is 3.11. The molecule has 1 spiro atoms. The Hall–Kier alpha value is -2.05. The van der Waals surface area contributed by atoms with Gasteiger partial charge in [-0.2, -0.15) is 0 Å². The molecular weight excluding hydrogens is 272 g/mol. The summed E-state index contributed by atoms with van der Waals surface area (Å²) in [7, 11) is 1.75. The van der Waals surface area contributed by atoms with Crippen molar-refractivity contribution in [2.45, 2.75) is 31.4 Å². The Bertz CT molecular complexity index is 530. The fraction of sp³-hybridized carbons (Fsp3) is 0.643. The number of hydrogen-bond acceptors (Lipinski definition) is 4. The second kappa shape index (κ2) is 5.38. The average molecular weight is 292 g/mol. The number of imidazole rings is 1. The van der Waals surface area contributed by atoms with Crippen LogP contribution >= 0.6 is 0 Å². The van der Waals surface area contributed by atoms with Crippen LogP contribution in [-0.2, 0) is 16.1 Å². The average Bonchev–Trinajstić information content (AvgIpc) is 2.97. The summed E-state index contributed by atoms with van der Waals surface area (Å²) in [6, 6.07) is 0. The van der Waals surface area contributed by atoms with E-state index in [1.807, 2.05) is 4.90 Å². The second-order valence-corrected chi connectivity index (χ2v) is 5.88. The summed E-state index contributed by atoms with van der Waals surface area (Å²) in [6.45, 7) is 2.28. The first kappa shape index (κ1) is 13.9. The molecule has 2 fully saturated rings. The smallest absolute Gasteiger partial charge is 0.410 e. The zero-order valence-corrected chi connectivity index (χ0v) is 12.2. The van der Waals surface area contributed by atoms with Gasteiger partial charge in [-0.25, -0.2) is 9.78 Å². The van der Waals surface area contributed by atoms with E-state index < -0.39 is 5.60 Å². The predicted molar refractivity (Wildman–Crippen MR) is 74.5 cm³/mol. The van der Waals surface area contributed by atoms with Crippen molar-refractivity contribution in [2.75, 3.05) is 26.7 Å². The highest BCUT2D eigenvalue weighted by Gasteiger charge is 2.44. The lowest BCUT2D eigenvalue weighted by atomic mass is 9.95. The van der Waals surface area contributed by atoms with Crippen molar-refractivity contribution < 1.29 is 14.3 Å². The molecule has 0 N–H and O–H groups in total. The van der Waals surface area contributed by atoms with Crippen molar-refractivity contribution in [2.24, 2.45) is 0 Å². The van der Waals surface area contributed by atoms with Crippen LogP contribution in [0.4, 0.5) is 4.79 Å². The number of rotatable bonds is 2. The van der Waals surface area contributed by atoms with Gasteiger partial charge < -0.3 is 19.1 Å². The summed E-state index contributed by atoms with van der Waals surface area (Å²) >= 11 is 0. The summed E-state index contributed by atoms with van der Waals surface area (Å²) in [6.07, 6.45) is 7.22. The minimum Gasteiger partial charge on any atom is -0.441 e. The van der Waals surface area contributed by atoms with Gasteiger partial charge in [-0.1, -0.05) is 0 Å². The second-order valence-electron chi connectivity index (χ2n) is 5.88. The predicted octanol–water partition coefficient (Wildman–Crippen LogP) is 0.716. The van der Waals surface area contributed by atoms with E-state index >= 15 is 0 Å². The van der Waals surface area contributed by atoms with Crippen LogP contribution in [0, 0.1) is 0 Å². The Morgan fingerprint density at radius 2 is 2.29 bits per heavy atom.